The Bertz CT molecular complexity index is 532. The SMILES string of the molecule is C#CCOc1ccc(C(CC)C(=O)O)cc1[N+](=O)[O-]. The number of terminal acetylenes is 1. The molecule has 0 aliphatic carbocycles. The van der Waals surface area contributed by atoms with E-state index in [0.717, 1.165) is 0 Å². The number of benzene rings is 1. The third-order valence-corrected chi connectivity index (χ3v) is 2.60. The number of ether oxygens (including phenoxy) is 1. The summed E-state index contributed by atoms with van der Waals surface area (Å²) in [6, 6.07) is 4.09. The van der Waals surface area contributed by atoms with Gasteiger partial charge in [0.25, 0.3) is 0 Å². The van der Waals surface area contributed by atoms with Crippen molar-refractivity contribution >= 4 is 11.7 Å². The van der Waals surface area contributed by atoms with E-state index in [2.05, 4.69) is 5.92 Å². The molecule has 100 valence electrons. The van der Waals surface area contributed by atoms with E-state index < -0.39 is 16.8 Å². The van der Waals surface area contributed by atoms with Crippen LogP contribution in [-0.2, 0) is 4.79 Å². The molecule has 0 fully saturated rings. The molecule has 0 aliphatic rings. The number of hydrogen-bond donors (Lipinski definition) is 1. The Balaban J connectivity index is 3.19. The zero-order chi connectivity index (χ0) is 14.4. The van der Waals surface area contributed by atoms with Crippen LogP contribution in [0.25, 0.3) is 0 Å². The molecule has 6 heteroatoms. The van der Waals surface area contributed by atoms with E-state index in [1.807, 2.05) is 0 Å². The minimum Gasteiger partial charge on any atom is -0.481 e. The zero-order valence-electron chi connectivity index (χ0n) is 10.3. The molecule has 0 saturated heterocycles. The highest BCUT2D eigenvalue weighted by Crippen LogP contribution is 2.31. The van der Waals surface area contributed by atoms with E-state index in [0.29, 0.717) is 12.0 Å². The van der Waals surface area contributed by atoms with Gasteiger partial charge in [-0.05, 0) is 18.1 Å². The second-order valence-corrected chi connectivity index (χ2v) is 3.78. The predicted octanol–water partition coefficient (Wildman–Crippen LogP) is 2.18. The topological polar surface area (TPSA) is 89.7 Å². The van der Waals surface area contributed by atoms with Crippen molar-refractivity contribution < 1.29 is 19.6 Å². The zero-order valence-corrected chi connectivity index (χ0v) is 10.3. The van der Waals surface area contributed by atoms with Crippen molar-refractivity contribution in [1.82, 2.24) is 0 Å². The number of nitrogens with zero attached hydrogens (tertiary/aromatic N) is 1. The van der Waals surface area contributed by atoms with E-state index in [1.165, 1.54) is 18.2 Å². The Hall–Kier alpha value is -2.55. The quantitative estimate of drug-likeness (QED) is 0.482. The highest BCUT2D eigenvalue weighted by atomic mass is 16.6. The van der Waals surface area contributed by atoms with Crippen LogP contribution in [-0.4, -0.2) is 22.6 Å². The van der Waals surface area contributed by atoms with Crippen LogP contribution in [0, 0.1) is 22.5 Å². The van der Waals surface area contributed by atoms with E-state index in [9.17, 15) is 14.9 Å². The maximum atomic E-state index is 11.0. The summed E-state index contributed by atoms with van der Waals surface area (Å²) in [5, 5.41) is 20.0. The summed E-state index contributed by atoms with van der Waals surface area (Å²) in [5.41, 5.74) is 0.0854. The van der Waals surface area contributed by atoms with Gasteiger partial charge in [0.15, 0.2) is 5.75 Å². The molecule has 0 aromatic heterocycles. The lowest BCUT2D eigenvalue weighted by Gasteiger charge is -2.11. The van der Waals surface area contributed by atoms with Crippen LogP contribution in [0.5, 0.6) is 5.75 Å². The van der Waals surface area contributed by atoms with Crippen molar-refractivity contribution in [1.29, 1.82) is 0 Å². The third kappa shape index (κ3) is 3.45. The van der Waals surface area contributed by atoms with Crippen molar-refractivity contribution in [3.05, 3.63) is 33.9 Å². The highest BCUT2D eigenvalue weighted by molar-refractivity contribution is 5.76. The molecule has 0 bridgehead atoms. The van der Waals surface area contributed by atoms with Crippen LogP contribution in [0.4, 0.5) is 5.69 Å². The summed E-state index contributed by atoms with van der Waals surface area (Å²) in [6.45, 7) is 1.61. The minimum absolute atomic E-state index is 0.0342. The molecule has 1 aromatic rings. The second-order valence-electron chi connectivity index (χ2n) is 3.78. The summed E-state index contributed by atoms with van der Waals surface area (Å²) < 4.78 is 5.05. The lowest BCUT2D eigenvalue weighted by Crippen LogP contribution is -2.11. The number of carbonyl (C=O) groups is 1. The second kappa shape index (κ2) is 6.40. The maximum absolute atomic E-state index is 11.0. The first-order chi connectivity index (χ1) is 9.01. The highest BCUT2D eigenvalue weighted by Gasteiger charge is 2.23. The summed E-state index contributed by atoms with van der Waals surface area (Å²) in [7, 11) is 0. The predicted molar refractivity (Wildman–Crippen MR) is 68.1 cm³/mol. The van der Waals surface area contributed by atoms with E-state index in [-0.39, 0.29) is 18.0 Å². The summed E-state index contributed by atoms with van der Waals surface area (Å²) in [5.74, 6) is 0.448. The van der Waals surface area contributed by atoms with Crippen LogP contribution < -0.4 is 4.74 Å². The Labute approximate surface area is 110 Å². The average Bonchev–Trinajstić information content (AvgIpc) is 2.37. The van der Waals surface area contributed by atoms with Gasteiger partial charge in [0.2, 0.25) is 0 Å². The first-order valence-corrected chi connectivity index (χ1v) is 5.58. The average molecular weight is 263 g/mol. The van der Waals surface area contributed by atoms with Gasteiger partial charge in [0, 0.05) is 6.07 Å². The molecule has 1 aromatic carbocycles. The van der Waals surface area contributed by atoms with Gasteiger partial charge in [-0.3, -0.25) is 14.9 Å². The van der Waals surface area contributed by atoms with E-state index in [4.69, 9.17) is 16.3 Å². The van der Waals surface area contributed by atoms with Gasteiger partial charge < -0.3 is 9.84 Å². The largest absolute Gasteiger partial charge is 0.481 e. The third-order valence-electron chi connectivity index (χ3n) is 2.60. The van der Waals surface area contributed by atoms with Gasteiger partial charge in [-0.15, -0.1) is 6.42 Å². The first kappa shape index (κ1) is 14.5. The van der Waals surface area contributed by atoms with Crippen molar-refractivity contribution in [3.8, 4) is 18.1 Å². The standard InChI is InChI=1S/C13H13NO5/c1-3-7-19-12-6-5-9(8-11(12)14(17)18)10(4-2)13(15)16/h1,5-6,8,10H,4,7H2,2H3,(H,15,16). The van der Waals surface area contributed by atoms with Gasteiger partial charge in [0.05, 0.1) is 10.8 Å². The summed E-state index contributed by atoms with van der Waals surface area (Å²) >= 11 is 0. The van der Waals surface area contributed by atoms with Crippen LogP contribution in [0.15, 0.2) is 18.2 Å². The fourth-order valence-corrected chi connectivity index (χ4v) is 1.69. The van der Waals surface area contributed by atoms with Gasteiger partial charge in [0.1, 0.15) is 6.61 Å². The smallest absolute Gasteiger partial charge is 0.311 e. The number of carboxylic acids is 1. The molecular formula is C13H13NO5. The lowest BCUT2D eigenvalue weighted by molar-refractivity contribution is -0.385. The number of carboxylic acid groups (broad SMARTS) is 1. The normalized spacial score (nSPS) is 11.4. The molecule has 6 nitrogen and oxygen atoms in total. The molecule has 0 heterocycles. The summed E-state index contributed by atoms with van der Waals surface area (Å²) in [6.07, 6.45) is 5.36. The molecule has 0 spiro atoms. The van der Waals surface area contributed by atoms with Crippen molar-refractivity contribution in [3.63, 3.8) is 0 Å². The Kier molecular flexibility index (Phi) is 4.89. The van der Waals surface area contributed by atoms with Crippen LogP contribution >= 0.6 is 0 Å². The Morgan fingerprint density at radius 3 is 2.79 bits per heavy atom. The molecule has 0 saturated carbocycles. The van der Waals surface area contributed by atoms with Crippen molar-refractivity contribution in [2.45, 2.75) is 19.3 Å². The van der Waals surface area contributed by atoms with Crippen LogP contribution in [0.1, 0.15) is 24.8 Å². The molecule has 0 amide bonds. The van der Waals surface area contributed by atoms with E-state index in [1.54, 1.807) is 6.92 Å². The molecular weight excluding hydrogens is 250 g/mol. The summed E-state index contributed by atoms with van der Waals surface area (Å²) in [4.78, 5) is 21.4. The number of rotatable bonds is 6. The van der Waals surface area contributed by atoms with Crippen molar-refractivity contribution in [2.24, 2.45) is 0 Å². The first-order valence-electron chi connectivity index (χ1n) is 5.58. The Morgan fingerprint density at radius 1 is 1.63 bits per heavy atom. The van der Waals surface area contributed by atoms with Gasteiger partial charge in [-0.1, -0.05) is 18.9 Å². The number of nitro groups is 1. The van der Waals surface area contributed by atoms with Gasteiger partial charge in [-0.25, -0.2) is 0 Å². The number of hydrogen-bond acceptors (Lipinski definition) is 4. The maximum Gasteiger partial charge on any atom is 0.311 e. The minimum atomic E-state index is -1.02. The van der Waals surface area contributed by atoms with Crippen molar-refractivity contribution in [2.75, 3.05) is 6.61 Å². The van der Waals surface area contributed by atoms with E-state index >= 15 is 0 Å². The molecule has 1 N–H and O–H groups in total. The number of nitro benzene ring substituents is 1. The molecule has 0 radical (unpaired) electrons. The molecule has 19 heavy (non-hydrogen) atoms. The molecule has 0 aliphatic heterocycles. The van der Waals surface area contributed by atoms with Crippen LogP contribution in [0.3, 0.4) is 0 Å². The van der Waals surface area contributed by atoms with Gasteiger partial charge >= 0.3 is 11.7 Å². The monoisotopic (exact) mass is 263 g/mol. The lowest BCUT2D eigenvalue weighted by atomic mass is 9.96. The van der Waals surface area contributed by atoms with Crippen LogP contribution in [0.2, 0.25) is 0 Å². The molecule has 1 unspecified atom stereocenters. The van der Waals surface area contributed by atoms with Gasteiger partial charge in [-0.2, -0.15) is 0 Å². The fourth-order valence-electron chi connectivity index (χ4n) is 1.69. The Morgan fingerprint density at radius 2 is 2.32 bits per heavy atom. The molecule has 1 rings (SSSR count). The molecule has 1 atom stereocenters. The number of aliphatic carboxylic acids is 1. The fraction of sp³-hybridized carbons (Fsp3) is 0.308.